The Hall–Kier alpha value is -3.22. The predicted octanol–water partition coefficient (Wildman–Crippen LogP) is 5.87. The average molecular weight is 461 g/mol. The molecule has 32 heavy (non-hydrogen) atoms. The van der Waals surface area contributed by atoms with Crippen LogP contribution in [0.1, 0.15) is 34.7 Å². The van der Waals surface area contributed by atoms with Gasteiger partial charge >= 0.3 is 0 Å². The van der Waals surface area contributed by atoms with Crippen molar-refractivity contribution in [3.8, 4) is 11.3 Å². The molecule has 0 bridgehead atoms. The second-order valence-electron chi connectivity index (χ2n) is 7.78. The molecule has 0 aliphatic carbocycles. The Kier molecular flexibility index (Phi) is 5.64. The summed E-state index contributed by atoms with van der Waals surface area (Å²) in [4.78, 5) is 11.0. The number of pyridine rings is 2. The van der Waals surface area contributed by atoms with Gasteiger partial charge in [0, 0.05) is 35.7 Å². The third-order valence-corrected chi connectivity index (χ3v) is 6.41. The van der Waals surface area contributed by atoms with E-state index in [0.29, 0.717) is 16.7 Å². The Balaban J connectivity index is 1.54. The lowest BCUT2D eigenvalue weighted by Gasteiger charge is -2.26. The van der Waals surface area contributed by atoms with E-state index in [1.54, 1.807) is 12.4 Å². The maximum Gasteiger partial charge on any atom is 0.170 e. The minimum atomic E-state index is -0.160. The second-order valence-corrected chi connectivity index (χ2v) is 8.58. The van der Waals surface area contributed by atoms with Crippen molar-refractivity contribution in [2.24, 2.45) is 0 Å². The van der Waals surface area contributed by atoms with E-state index in [0.717, 1.165) is 33.9 Å². The lowest BCUT2D eigenvalue weighted by atomic mass is 10.0. The maximum absolute atomic E-state index is 6.37. The van der Waals surface area contributed by atoms with Crippen molar-refractivity contribution in [1.82, 2.24) is 20.2 Å². The molecule has 0 saturated carbocycles. The van der Waals surface area contributed by atoms with E-state index < -0.39 is 0 Å². The zero-order chi connectivity index (χ0) is 22.1. The number of furan rings is 1. The van der Waals surface area contributed by atoms with Gasteiger partial charge in [-0.25, -0.2) is 0 Å². The quantitative estimate of drug-likeness (QED) is 0.376. The number of nitrogens with zero attached hydrogens (tertiary/aromatic N) is 3. The van der Waals surface area contributed by atoms with Crippen LogP contribution in [0.5, 0.6) is 0 Å². The Morgan fingerprint density at radius 3 is 2.75 bits per heavy atom. The number of halogens is 1. The fraction of sp³-hybridized carbons (Fsp3) is 0.160. The lowest BCUT2D eigenvalue weighted by molar-refractivity contribution is 0.269. The number of rotatable bonds is 5. The minimum absolute atomic E-state index is 0.138. The Morgan fingerprint density at radius 1 is 1.09 bits per heavy atom. The number of hydrogen-bond acceptors (Lipinski definition) is 4. The van der Waals surface area contributed by atoms with Crippen molar-refractivity contribution in [3.05, 3.63) is 107 Å². The van der Waals surface area contributed by atoms with E-state index >= 15 is 0 Å². The summed E-state index contributed by atoms with van der Waals surface area (Å²) in [6.07, 6.45) is 5.42. The van der Waals surface area contributed by atoms with Gasteiger partial charge in [0.1, 0.15) is 17.6 Å². The van der Waals surface area contributed by atoms with Crippen molar-refractivity contribution in [3.63, 3.8) is 0 Å². The highest BCUT2D eigenvalue weighted by molar-refractivity contribution is 7.80. The van der Waals surface area contributed by atoms with Crippen LogP contribution in [0.2, 0.25) is 5.02 Å². The molecule has 2 atom stereocenters. The molecule has 1 fully saturated rings. The van der Waals surface area contributed by atoms with Crippen molar-refractivity contribution in [2.45, 2.75) is 25.6 Å². The summed E-state index contributed by atoms with van der Waals surface area (Å²) in [5.74, 6) is 1.57. The third-order valence-electron chi connectivity index (χ3n) is 5.65. The van der Waals surface area contributed by atoms with Crippen LogP contribution in [0.4, 0.5) is 0 Å². The molecule has 160 valence electrons. The molecule has 0 radical (unpaired) electrons. The highest BCUT2D eigenvalue weighted by Gasteiger charge is 2.41. The van der Waals surface area contributed by atoms with Gasteiger partial charge in [-0.1, -0.05) is 35.9 Å². The number of hydrogen-bond donors (Lipinski definition) is 1. The molecule has 4 aromatic rings. The molecule has 1 N–H and O–H groups in total. The average Bonchev–Trinajstić information content (AvgIpc) is 3.42. The molecule has 5 nitrogen and oxygen atoms in total. The summed E-state index contributed by atoms with van der Waals surface area (Å²) in [6, 6.07) is 19.5. The van der Waals surface area contributed by atoms with Crippen LogP contribution < -0.4 is 5.32 Å². The fourth-order valence-electron chi connectivity index (χ4n) is 3.99. The fourth-order valence-corrected chi connectivity index (χ4v) is 4.47. The van der Waals surface area contributed by atoms with E-state index in [2.05, 4.69) is 20.2 Å². The van der Waals surface area contributed by atoms with Crippen LogP contribution in [-0.2, 0) is 6.54 Å². The van der Waals surface area contributed by atoms with E-state index in [9.17, 15) is 0 Å². The normalized spacial score (nSPS) is 18.1. The van der Waals surface area contributed by atoms with Gasteiger partial charge in [-0.05, 0) is 66.7 Å². The molecule has 3 aromatic heterocycles. The molecule has 0 spiro atoms. The number of thiocarbonyl (C=S) groups is 1. The zero-order valence-corrected chi connectivity index (χ0v) is 19.0. The van der Waals surface area contributed by atoms with Gasteiger partial charge in [-0.2, -0.15) is 0 Å². The van der Waals surface area contributed by atoms with Crippen LogP contribution in [0.3, 0.4) is 0 Å². The van der Waals surface area contributed by atoms with Crippen molar-refractivity contribution >= 4 is 28.9 Å². The van der Waals surface area contributed by atoms with E-state index in [1.807, 2.05) is 73.8 Å². The van der Waals surface area contributed by atoms with Gasteiger partial charge in [0.05, 0.1) is 11.7 Å². The summed E-state index contributed by atoms with van der Waals surface area (Å²) in [6.45, 7) is 2.60. The first-order valence-corrected chi connectivity index (χ1v) is 11.1. The predicted molar refractivity (Wildman–Crippen MR) is 129 cm³/mol. The van der Waals surface area contributed by atoms with Gasteiger partial charge in [0.25, 0.3) is 0 Å². The number of nitrogens with one attached hydrogen (secondary N) is 1. The molecule has 0 unspecified atom stereocenters. The molecule has 5 rings (SSSR count). The smallest absolute Gasteiger partial charge is 0.170 e. The van der Waals surface area contributed by atoms with Crippen LogP contribution >= 0.6 is 23.8 Å². The Labute approximate surface area is 197 Å². The van der Waals surface area contributed by atoms with E-state index in [4.69, 9.17) is 28.2 Å². The van der Waals surface area contributed by atoms with E-state index in [1.165, 1.54) is 0 Å². The molecule has 7 heteroatoms. The summed E-state index contributed by atoms with van der Waals surface area (Å²) >= 11 is 12.1. The van der Waals surface area contributed by atoms with Gasteiger partial charge in [0.15, 0.2) is 5.11 Å². The molecule has 0 amide bonds. The standard InChI is InChI=1S/C25H21ClN4OS/c1-16-7-8-18(13-19(16)26)21-9-10-22(31-21)24-23(20-6-2-3-12-28-20)29-25(32)30(24)15-17-5-4-11-27-14-17/h2-14,23-24H,15H2,1H3,(H,29,32)/t23-,24+/m0/s1. The summed E-state index contributed by atoms with van der Waals surface area (Å²) in [5, 5.41) is 4.82. The van der Waals surface area contributed by atoms with Gasteiger partial charge < -0.3 is 14.6 Å². The Bertz CT molecular complexity index is 1250. The van der Waals surface area contributed by atoms with Gasteiger partial charge in [0.2, 0.25) is 0 Å². The molecule has 1 aliphatic rings. The second kappa shape index (κ2) is 8.73. The van der Waals surface area contributed by atoms with Crippen molar-refractivity contribution in [2.75, 3.05) is 0 Å². The highest BCUT2D eigenvalue weighted by atomic mass is 35.5. The highest BCUT2D eigenvalue weighted by Crippen LogP contribution is 2.41. The van der Waals surface area contributed by atoms with E-state index in [-0.39, 0.29) is 12.1 Å². The first kappa shape index (κ1) is 20.7. The molecular formula is C25H21ClN4OS. The van der Waals surface area contributed by atoms with Crippen molar-refractivity contribution in [1.29, 1.82) is 0 Å². The minimum Gasteiger partial charge on any atom is -0.459 e. The summed E-state index contributed by atoms with van der Waals surface area (Å²) < 4.78 is 6.37. The monoisotopic (exact) mass is 460 g/mol. The SMILES string of the molecule is Cc1ccc(-c2ccc([C@@H]3[C@H](c4ccccn4)NC(=S)N3Cc3cccnc3)o2)cc1Cl. The summed E-state index contributed by atoms with van der Waals surface area (Å²) in [5.41, 5.74) is 3.95. The topological polar surface area (TPSA) is 54.2 Å². The first-order valence-electron chi connectivity index (χ1n) is 10.3. The zero-order valence-electron chi connectivity index (χ0n) is 17.4. The van der Waals surface area contributed by atoms with Gasteiger partial charge in [-0.15, -0.1) is 0 Å². The largest absolute Gasteiger partial charge is 0.459 e. The summed E-state index contributed by atoms with van der Waals surface area (Å²) in [7, 11) is 0. The van der Waals surface area contributed by atoms with Crippen LogP contribution in [0.25, 0.3) is 11.3 Å². The molecule has 4 heterocycles. The first-order chi connectivity index (χ1) is 15.6. The Morgan fingerprint density at radius 2 is 2.00 bits per heavy atom. The lowest BCUT2D eigenvalue weighted by Crippen LogP contribution is -2.29. The van der Waals surface area contributed by atoms with Crippen molar-refractivity contribution < 1.29 is 4.42 Å². The molecule has 1 aliphatic heterocycles. The third kappa shape index (κ3) is 3.99. The molecular weight excluding hydrogens is 440 g/mol. The van der Waals surface area contributed by atoms with Crippen LogP contribution in [0, 0.1) is 6.92 Å². The number of aryl methyl sites for hydroxylation is 1. The van der Waals surface area contributed by atoms with Gasteiger partial charge in [-0.3, -0.25) is 9.97 Å². The van der Waals surface area contributed by atoms with Crippen LogP contribution in [0.15, 0.2) is 83.7 Å². The number of aromatic nitrogens is 2. The molecule has 1 aromatic carbocycles. The number of benzene rings is 1. The maximum atomic E-state index is 6.37. The molecule has 1 saturated heterocycles. The van der Waals surface area contributed by atoms with Crippen LogP contribution in [-0.4, -0.2) is 20.0 Å².